The number of likely N-dealkylation sites (tertiary alicyclic amines) is 1. The Morgan fingerprint density at radius 3 is 2.86 bits per heavy atom. The summed E-state index contributed by atoms with van der Waals surface area (Å²) < 4.78 is 1.75. The molecule has 2 aliphatic heterocycles. The van der Waals surface area contributed by atoms with Gasteiger partial charge in [-0.2, -0.15) is 5.10 Å². The second-order valence-corrected chi connectivity index (χ2v) is 6.26. The van der Waals surface area contributed by atoms with Crippen molar-refractivity contribution in [2.45, 2.75) is 31.2 Å². The number of hydrogen-bond acceptors (Lipinski definition) is 4. The molecule has 1 aromatic heterocycles. The number of aromatic nitrogens is 2. The van der Waals surface area contributed by atoms with Crippen LogP contribution in [-0.2, 0) is 16.6 Å². The highest BCUT2D eigenvalue weighted by Crippen LogP contribution is 2.31. The van der Waals surface area contributed by atoms with Crippen molar-refractivity contribution in [1.82, 2.24) is 20.0 Å². The number of hydrogen-bond donors (Lipinski definition) is 2. The first-order valence-electron chi connectivity index (χ1n) is 7.87. The van der Waals surface area contributed by atoms with E-state index in [2.05, 4.69) is 10.4 Å². The highest BCUT2D eigenvalue weighted by atomic mass is 16.2. The molecule has 2 saturated heterocycles. The molecule has 1 aromatic rings. The molecule has 0 radical (unpaired) electrons. The van der Waals surface area contributed by atoms with E-state index in [-0.39, 0.29) is 17.7 Å². The Hall–Kier alpha value is -1.89. The summed E-state index contributed by atoms with van der Waals surface area (Å²) in [4.78, 5) is 26.3. The van der Waals surface area contributed by atoms with E-state index in [1.165, 1.54) is 0 Å². The quantitative estimate of drug-likeness (QED) is 0.794. The topological polar surface area (TPSA) is 93.3 Å². The van der Waals surface area contributed by atoms with Crippen molar-refractivity contribution in [3.05, 3.63) is 18.0 Å². The summed E-state index contributed by atoms with van der Waals surface area (Å²) in [5.41, 5.74) is 6.55. The van der Waals surface area contributed by atoms with Gasteiger partial charge in [-0.15, -0.1) is 0 Å². The van der Waals surface area contributed by atoms with Gasteiger partial charge < -0.3 is 16.0 Å². The molecule has 2 aliphatic rings. The lowest BCUT2D eigenvalue weighted by atomic mass is 9.88. The molecule has 1 unspecified atom stereocenters. The van der Waals surface area contributed by atoms with E-state index in [0.717, 1.165) is 24.9 Å². The summed E-state index contributed by atoms with van der Waals surface area (Å²) in [6.07, 6.45) is 6.35. The summed E-state index contributed by atoms with van der Waals surface area (Å²) in [5.74, 6) is -0.389. The van der Waals surface area contributed by atoms with Crippen LogP contribution in [0.5, 0.6) is 0 Å². The summed E-state index contributed by atoms with van der Waals surface area (Å²) >= 11 is 0. The Bertz CT molecular complexity index is 570. The van der Waals surface area contributed by atoms with Crippen molar-refractivity contribution in [2.24, 2.45) is 18.7 Å². The average Bonchev–Trinajstić information content (AvgIpc) is 3.14. The molecule has 3 atom stereocenters. The fraction of sp³-hybridized carbons (Fsp3) is 0.667. The van der Waals surface area contributed by atoms with Crippen LogP contribution in [0.4, 0.5) is 0 Å². The molecule has 0 aromatic carbocycles. The van der Waals surface area contributed by atoms with Gasteiger partial charge in [-0.25, -0.2) is 0 Å². The molecule has 7 heteroatoms. The SMILES string of the molecule is Cn1cc([C@H]2CNC[C@@H]2C(=O)N2CCCCC2C(N)=O)cn1. The number of aryl methyl sites for hydroxylation is 1. The zero-order chi connectivity index (χ0) is 15.7. The van der Waals surface area contributed by atoms with Gasteiger partial charge in [0.2, 0.25) is 11.8 Å². The first-order valence-corrected chi connectivity index (χ1v) is 7.87. The van der Waals surface area contributed by atoms with Gasteiger partial charge in [0, 0.05) is 38.8 Å². The molecule has 2 amide bonds. The molecule has 3 N–H and O–H groups in total. The van der Waals surface area contributed by atoms with Gasteiger partial charge in [-0.3, -0.25) is 14.3 Å². The van der Waals surface area contributed by atoms with Crippen molar-refractivity contribution >= 4 is 11.8 Å². The molecule has 0 spiro atoms. The molecule has 2 fully saturated rings. The summed E-state index contributed by atoms with van der Waals surface area (Å²) in [7, 11) is 1.87. The van der Waals surface area contributed by atoms with E-state index < -0.39 is 11.9 Å². The van der Waals surface area contributed by atoms with Gasteiger partial charge >= 0.3 is 0 Å². The first kappa shape index (κ1) is 15.0. The lowest BCUT2D eigenvalue weighted by molar-refractivity contribution is -0.144. The average molecular weight is 305 g/mol. The van der Waals surface area contributed by atoms with Gasteiger partial charge in [-0.05, 0) is 24.8 Å². The Balaban J connectivity index is 1.79. The van der Waals surface area contributed by atoms with E-state index >= 15 is 0 Å². The van der Waals surface area contributed by atoms with Crippen LogP contribution in [0.2, 0.25) is 0 Å². The van der Waals surface area contributed by atoms with Gasteiger partial charge in [0.05, 0.1) is 12.1 Å². The lowest BCUT2D eigenvalue weighted by Crippen LogP contribution is -2.53. The molecule has 7 nitrogen and oxygen atoms in total. The minimum Gasteiger partial charge on any atom is -0.368 e. The van der Waals surface area contributed by atoms with Crippen LogP contribution in [0.25, 0.3) is 0 Å². The summed E-state index contributed by atoms with van der Waals surface area (Å²) in [6.45, 7) is 2.03. The third kappa shape index (κ3) is 2.72. The van der Waals surface area contributed by atoms with Gasteiger partial charge in [0.1, 0.15) is 6.04 Å². The zero-order valence-electron chi connectivity index (χ0n) is 12.9. The molecular weight excluding hydrogens is 282 g/mol. The normalized spacial score (nSPS) is 28.8. The molecule has 0 aliphatic carbocycles. The molecule has 3 heterocycles. The third-order valence-electron chi connectivity index (χ3n) is 4.80. The van der Waals surface area contributed by atoms with Crippen molar-refractivity contribution in [1.29, 1.82) is 0 Å². The predicted molar refractivity (Wildman–Crippen MR) is 80.9 cm³/mol. The highest BCUT2D eigenvalue weighted by Gasteiger charge is 2.40. The zero-order valence-corrected chi connectivity index (χ0v) is 12.9. The maximum atomic E-state index is 13.0. The van der Waals surface area contributed by atoms with Crippen molar-refractivity contribution in [2.75, 3.05) is 19.6 Å². The van der Waals surface area contributed by atoms with E-state index in [1.54, 1.807) is 9.58 Å². The van der Waals surface area contributed by atoms with Gasteiger partial charge in [0.25, 0.3) is 0 Å². The van der Waals surface area contributed by atoms with E-state index in [9.17, 15) is 9.59 Å². The maximum absolute atomic E-state index is 13.0. The number of amides is 2. The number of nitrogens with two attached hydrogens (primary N) is 1. The molecule has 22 heavy (non-hydrogen) atoms. The Morgan fingerprint density at radius 1 is 1.36 bits per heavy atom. The van der Waals surface area contributed by atoms with Crippen LogP contribution in [0.3, 0.4) is 0 Å². The molecule has 0 saturated carbocycles. The highest BCUT2D eigenvalue weighted by molar-refractivity contribution is 5.88. The second kappa shape index (κ2) is 6.08. The summed E-state index contributed by atoms with van der Waals surface area (Å²) in [5, 5.41) is 7.49. The van der Waals surface area contributed by atoms with Crippen LogP contribution in [0.15, 0.2) is 12.4 Å². The Labute approximate surface area is 129 Å². The van der Waals surface area contributed by atoms with Crippen LogP contribution >= 0.6 is 0 Å². The van der Waals surface area contributed by atoms with Crippen LogP contribution in [0.1, 0.15) is 30.7 Å². The summed E-state index contributed by atoms with van der Waals surface area (Å²) in [6, 6.07) is -0.448. The monoisotopic (exact) mass is 305 g/mol. The standard InChI is InChI=1S/C15H23N5O2/c1-19-9-10(6-18-19)11-7-17-8-12(11)15(22)20-5-3-2-4-13(20)14(16)21/h6,9,11-13,17H,2-5,7-8H2,1H3,(H2,16,21)/t11-,12+,13?/m1/s1. The smallest absolute Gasteiger partial charge is 0.240 e. The van der Waals surface area contributed by atoms with Crippen LogP contribution in [0, 0.1) is 5.92 Å². The van der Waals surface area contributed by atoms with Crippen LogP contribution in [-0.4, -0.2) is 52.2 Å². The fourth-order valence-electron chi connectivity index (χ4n) is 3.62. The van der Waals surface area contributed by atoms with Gasteiger partial charge in [0.15, 0.2) is 0 Å². The lowest BCUT2D eigenvalue weighted by Gasteiger charge is -2.36. The molecular formula is C15H23N5O2. The Morgan fingerprint density at radius 2 is 2.18 bits per heavy atom. The number of nitrogens with one attached hydrogen (secondary N) is 1. The second-order valence-electron chi connectivity index (χ2n) is 6.26. The number of rotatable bonds is 3. The van der Waals surface area contributed by atoms with Crippen LogP contribution < -0.4 is 11.1 Å². The first-order chi connectivity index (χ1) is 10.6. The number of carbonyl (C=O) groups is 2. The number of piperidine rings is 1. The van der Waals surface area contributed by atoms with Crippen molar-refractivity contribution in [3.63, 3.8) is 0 Å². The number of carbonyl (C=O) groups excluding carboxylic acids is 2. The van der Waals surface area contributed by atoms with Crippen molar-refractivity contribution in [3.8, 4) is 0 Å². The third-order valence-corrected chi connectivity index (χ3v) is 4.80. The molecule has 3 rings (SSSR count). The van der Waals surface area contributed by atoms with Crippen molar-refractivity contribution < 1.29 is 9.59 Å². The minimum atomic E-state index is -0.448. The fourth-order valence-corrected chi connectivity index (χ4v) is 3.62. The molecule has 120 valence electrons. The number of primary amides is 1. The minimum absolute atomic E-state index is 0.0438. The Kier molecular flexibility index (Phi) is 4.15. The van der Waals surface area contributed by atoms with E-state index in [1.807, 2.05) is 19.4 Å². The van der Waals surface area contributed by atoms with E-state index in [4.69, 9.17) is 5.73 Å². The predicted octanol–water partition coefficient (Wildman–Crippen LogP) is -0.410. The maximum Gasteiger partial charge on any atom is 0.240 e. The van der Waals surface area contributed by atoms with E-state index in [0.29, 0.717) is 19.5 Å². The molecule has 0 bridgehead atoms. The van der Waals surface area contributed by atoms with Gasteiger partial charge in [-0.1, -0.05) is 0 Å². The number of nitrogens with zero attached hydrogens (tertiary/aromatic N) is 3. The largest absolute Gasteiger partial charge is 0.368 e.